The number of carbonyl (C=O) groups excluding carboxylic acids is 3. The van der Waals surface area contributed by atoms with Crippen molar-refractivity contribution in [1.29, 1.82) is 0 Å². The predicted molar refractivity (Wildman–Crippen MR) is 362 cm³/mol. The lowest BCUT2D eigenvalue weighted by Crippen LogP contribution is -2.30. The third kappa shape index (κ3) is 68.5. The first kappa shape index (κ1) is 78.8. The molecule has 0 spiro atoms. The fourth-order valence-corrected chi connectivity index (χ4v) is 9.68. The van der Waals surface area contributed by atoms with Crippen LogP contribution in [-0.4, -0.2) is 37.2 Å². The highest BCUT2D eigenvalue weighted by Crippen LogP contribution is 2.16. The molecule has 0 aromatic rings. The summed E-state index contributed by atoms with van der Waals surface area (Å²) in [6.45, 7) is 6.50. The van der Waals surface area contributed by atoms with Gasteiger partial charge in [-0.25, -0.2) is 0 Å². The molecule has 0 bridgehead atoms. The maximum atomic E-state index is 13.0. The highest BCUT2D eigenvalue weighted by atomic mass is 16.6. The van der Waals surface area contributed by atoms with E-state index in [0.717, 1.165) is 135 Å². The maximum Gasteiger partial charge on any atom is 0.306 e. The maximum absolute atomic E-state index is 13.0. The molecule has 0 saturated heterocycles. The first-order chi connectivity index (χ1) is 41.0. The van der Waals surface area contributed by atoms with Crippen LogP contribution in [0.1, 0.15) is 329 Å². The zero-order valence-electron chi connectivity index (χ0n) is 54.4. The molecule has 0 aliphatic carbocycles. The van der Waals surface area contributed by atoms with Gasteiger partial charge in [0.15, 0.2) is 6.10 Å². The van der Waals surface area contributed by atoms with Crippen molar-refractivity contribution in [1.82, 2.24) is 0 Å². The summed E-state index contributed by atoms with van der Waals surface area (Å²) in [4.78, 5) is 38.5. The Labute approximate surface area is 513 Å². The normalized spacial score (nSPS) is 12.9. The second-order valence-electron chi connectivity index (χ2n) is 23.1. The summed E-state index contributed by atoms with van der Waals surface area (Å²) in [6, 6.07) is 0. The minimum atomic E-state index is -0.794. The van der Waals surface area contributed by atoms with E-state index in [4.69, 9.17) is 14.2 Å². The molecule has 0 aliphatic rings. The average Bonchev–Trinajstić information content (AvgIpc) is 3.49. The van der Waals surface area contributed by atoms with Crippen LogP contribution in [0.5, 0.6) is 0 Å². The predicted octanol–water partition coefficient (Wildman–Crippen LogP) is 24.3. The van der Waals surface area contributed by atoms with Gasteiger partial charge in [-0.15, -0.1) is 0 Å². The Morgan fingerprint density at radius 2 is 0.470 bits per heavy atom. The summed E-state index contributed by atoms with van der Waals surface area (Å²) < 4.78 is 17.0. The molecule has 1 unspecified atom stereocenters. The SMILES string of the molecule is CC/C=C\C/C=C\C/C=C\C/C=C\C/C=C\C/C=C\CCCCCCCCCCC(=O)OCC(COC(=O)CCCCCCC/C=C\C/C=C\CCCCC)OC(=O)CCCCCCCCCCCCC/C=C\C/C=C\CCCCCCC. The first-order valence-electron chi connectivity index (χ1n) is 35.0. The molecule has 474 valence electrons. The van der Waals surface area contributed by atoms with Crippen molar-refractivity contribution < 1.29 is 28.6 Å². The van der Waals surface area contributed by atoms with Crippen molar-refractivity contribution in [3.8, 4) is 0 Å². The van der Waals surface area contributed by atoms with Crippen LogP contribution in [0.3, 0.4) is 0 Å². The van der Waals surface area contributed by atoms with Crippen molar-refractivity contribution >= 4 is 17.9 Å². The summed E-state index contributed by atoms with van der Waals surface area (Å²) in [5, 5.41) is 0. The Kier molecular flexibility index (Phi) is 66.7. The van der Waals surface area contributed by atoms with E-state index in [1.165, 1.54) is 154 Å². The van der Waals surface area contributed by atoms with E-state index in [1.807, 2.05) is 0 Å². The number of rotatable bonds is 63. The van der Waals surface area contributed by atoms with Crippen LogP contribution in [-0.2, 0) is 28.6 Å². The number of hydrogen-bond acceptors (Lipinski definition) is 6. The number of ether oxygens (including phenoxy) is 3. The van der Waals surface area contributed by atoms with E-state index < -0.39 is 6.10 Å². The number of hydrogen-bond donors (Lipinski definition) is 0. The third-order valence-corrected chi connectivity index (χ3v) is 14.9. The molecule has 6 nitrogen and oxygen atoms in total. The van der Waals surface area contributed by atoms with Crippen LogP contribution < -0.4 is 0 Å². The molecule has 0 heterocycles. The van der Waals surface area contributed by atoms with Crippen LogP contribution in [0, 0.1) is 0 Å². The van der Waals surface area contributed by atoms with Crippen molar-refractivity contribution in [3.63, 3.8) is 0 Å². The van der Waals surface area contributed by atoms with Crippen LogP contribution in [0.2, 0.25) is 0 Å². The van der Waals surface area contributed by atoms with Crippen molar-refractivity contribution in [2.45, 2.75) is 335 Å². The molecule has 0 saturated carbocycles. The average molecular weight is 1150 g/mol. The fraction of sp³-hybridized carbons (Fsp3) is 0.701. The molecule has 83 heavy (non-hydrogen) atoms. The molecule has 0 radical (unpaired) electrons. The van der Waals surface area contributed by atoms with E-state index in [9.17, 15) is 14.4 Å². The number of allylic oxidation sites excluding steroid dienone is 20. The summed E-state index contributed by atoms with van der Waals surface area (Å²) in [5.74, 6) is -0.902. The van der Waals surface area contributed by atoms with Gasteiger partial charge in [-0.1, -0.05) is 296 Å². The van der Waals surface area contributed by atoms with Crippen LogP contribution >= 0.6 is 0 Å². The van der Waals surface area contributed by atoms with Gasteiger partial charge in [0.05, 0.1) is 0 Å². The minimum Gasteiger partial charge on any atom is -0.462 e. The Morgan fingerprint density at radius 1 is 0.253 bits per heavy atom. The largest absolute Gasteiger partial charge is 0.462 e. The fourth-order valence-electron chi connectivity index (χ4n) is 9.68. The Balaban J connectivity index is 4.38. The second kappa shape index (κ2) is 70.3. The standard InChI is InChI=1S/C77H130O6/c1-4-7-10-13-16-19-22-25-28-30-32-34-36-37-38-39-41-42-44-46-49-52-55-58-61-64-67-70-76(79)82-73-74(72-81-75(78)69-66-63-60-57-54-51-48-27-24-21-18-15-12-9-6-3)83-77(80)71-68-65-62-59-56-53-50-47-45-43-40-35-33-31-29-26-23-20-17-14-11-8-5-2/h7,10,16,18-19,21,23,25-28,31-34,37-38,41-42,48,74H,4-6,8-9,11-15,17,20,22,24,29-30,35-36,39-40,43-47,49-73H2,1-3H3/b10-7-,19-16-,21-18-,26-23-,28-25-,33-31-,34-32-,38-37-,42-41-,48-27-. The van der Waals surface area contributed by atoms with E-state index in [-0.39, 0.29) is 31.1 Å². The summed E-state index contributed by atoms with van der Waals surface area (Å²) in [5.41, 5.74) is 0. The zero-order chi connectivity index (χ0) is 59.9. The molecule has 0 fully saturated rings. The van der Waals surface area contributed by atoms with Gasteiger partial charge in [0, 0.05) is 19.3 Å². The lowest BCUT2D eigenvalue weighted by atomic mass is 10.0. The van der Waals surface area contributed by atoms with Crippen LogP contribution in [0.4, 0.5) is 0 Å². The van der Waals surface area contributed by atoms with Crippen molar-refractivity contribution in [2.24, 2.45) is 0 Å². The third-order valence-electron chi connectivity index (χ3n) is 14.9. The van der Waals surface area contributed by atoms with Gasteiger partial charge in [-0.05, 0) is 135 Å². The Morgan fingerprint density at radius 3 is 0.759 bits per heavy atom. The minimum absolute atomic E-state index is 0.0889. The quantitative estimate of drug-likeness (QED) is 0.0261. The number of unbranched alkanes of at least 4 members (excludes halogenated alkanes) is 32. The monoisotopic (exact) mass is 1150 g/mol. The molecule has 0 rings (SSSR count). The molecule has 0 N–H and O–H groups in total. The van der Waals surface area contributed by atoms with E-state index in [2.05, 4.69) is 142 Å². The van der Waals surface area contributed by atoms with Gasteiger partial charge in [-0.3, -0.25) is 14.4 Å². The zero-order valence-corrected chi connectivity index (χ0v) is 54.4. The van der Waals surface area contributed by atoms with Gasteiger partial charge >= 0.3 is 17.9 Å². The van der Waals surface area contributed by atoms with Crippen molar-refractivity contribution in [3.05, 3.63) is 122 Å². The Hall–Kier alpha value is -4.19. The van der Waals surface area contributed by atoms with Gasteiger partial charge in [0.1, 0.15) is 13.2 Å². The lowest BCUT2D eigenvalue weighted by molar-refractivity contribution is -0.167. The highest BCUT2D eigenvalue weighted by Gasteiger charge is 2.19. The summed E-state index contributed by atoms with van der Waals surface area (Å²) in [7, 11) is 0. The first-order valence-corrected chi connectivity index (χ1v) is 35.0. The van der Waals surface area contributed by atoms with Crippen molar-refractivity contribution in [2.75, 3.05) is 13.2 Å². The number of esters is 3. The number of carbonyl (C=O) groups is 3. The van der Waals surface area contributed by atoms with E-state index in [0.29, 0.717) is 19.3 Å². The van der Waals surface area contributed by atoms with Gasteiger partial charge in [-0.2, -0.15) is 0 Å². The van der Waals surface area contributed by atoms with Crippen LogP contribution in [0.15, 0.2) is 122 Å². The van der Waals surface area contributed by atoms with Crippen LogP contribution in [0.25, 0.3) is 0 Å². The Bertz CT molecular complexity index is 1700. The highest BCUT2D eigenvalue weighted by molar-refractivity contribution is 5.71. The van der Waals surface area contributed by atoms with Gasteiger partial charge in [0.2, 0.25) is 0 Å². The molecule has 0 aromatic carbocycles. The molecule has 0 amide bonds. The molecule has 0 aliphatic heterocycles. The smallest absolute Gasteiger partial charge is 0.306 e. The molecule has 1 atom stereocenters. The van der Waals surface area contributed by atoms with Gasteiger partial charge < -0.3 is 14.2 Å². The second-order valence-corrected chi connectivity index (χ2v) is 23.1. The van der Waals surface area contributed by atoms with Gasteiger partial charge in [0.25, 0.3) is 0 Å². The lowest BCUT2D eigenvalue weighted by Gasteiger charge is -2.18. The topological polar surface area (TPSA) is 78.9 Å². The molecule has 6 heteroatoms. The van der Waals surface area contributed by atoms with E-state index >= 15 is 0 Å². The van der Waals surface area contributed by atoms with E-state index in [1.54, 1.807) is 0 Å². The summed E-state index contributed by atoms with van der Waals surface area (Å²) >= 11 is 0. The summed E-state index contributed by atoms with van der Waals surface area (Å²) in [6.07, 6.45) is 97.8. The molecule has 0 aromatic heterocycles. The molecular formula is C77H130O6. The molecular weight excluding hydrogens is 1020 g/mol.